The lowest BCUT2D eigenvalue weighted by molar-refractivity contribution is -0.140. The summed E-state index contributed by atoms with van der Waals surface area (Å²) >= 11 is 0. The summed E-state index contributed by atoms with van der Waals surface area (Å²) < 4.78 is 82.8. The van der Waals surface area contributed by atoms with E-state index in [1.165, 1.54) is 50.7 Å². The zero-order valence-electron chi connectivity index (χ0n) is 19.9. The molecule has 0 saturated heterocycles. The van der Waals surface area contributed by atoms with Crippen molar-refractivity contribution in [3.63, 3.8) is 0 Å². The van der Waals surface area contributed by atoms with Crippen LogP contribution in [-0.2, 0) is 6.18 Å². The van der Waals surface area contributed by atoms with E-state index in [1.807, 2.05) is 0 Å². The second-order valence-corrected chi connectivity index (χ2v) is 10.3. The van der Waals surface area contributed by atoms with Crippen molar-refractivity contribution >= 4 is 0 Å². The summed E-state index contributed by atoms with van der Waals surface area (Å²) in [5.74, 6) is -3.57. The summed E-state index contributed by atoms with van der Waals surface area (Å²) in [6, 6.07) is 3.83. The van der Waals surface area contributed by atoms with Gasteiger partial charge in [-0.05, 0) is 79.9 Å². The maximum Gasteiger partial charge on any atom is 0.419 e. The molecule has 1 N–H and O–H groups in total. The molecule has 35 heavy (non-hydrogen) atoms. The van der Waals surface area contributed by atoms with Crippen LogP contribution in [0, 0.1) is 35.2 Å². The van der Waals surface area contributed by atoms with Crippen LogP contribution in [0.25, 0.3) is 11.1 Å². The normalized spacial score (nSPS) is 25.6. The summed E-state index contributed by atoms with van der Waals surface area (Å²) in [6.45, 7) is 2.23. The Hall–Kier alpha value is -2.18. The Morgan fingerprint density at radius 1 is 0.743 bits per heavy atom. The smallest absolute Gasteiger partial charge is 0.419 e. The maximum absolute atomic E-state index is 15.1. The number of aromatic hydroxyl groups is 1. The summed E-state index contributed by atoms with van der Waals surface area (Å²) in [6.07, 6.45) is 6.07. The SMILES string of the molecule is CCCC1CCC(C2CCC(c3ccc(-c4ccc(C(F)(F)F)c(F)c4O)c(F)c3F)CC2)CC1. The van der Waals surface area contributed by atoms with Gasteiger partial charge < -0.3 is 5.11 Å². The topological polar surface area (TPSA) is 20.2 Å². The molecule has 0 spiro atoms. The Morgan fingerprint density at radius 2 is 1.31 bits per heavy atom. The third kappa shape index (κ3) is 5.34. The van der Waals surface area contributed by atoms with E-state index in [0.717, 1.165) is 37.7 Å². The maximum atomic E-state index is 15.1. The Morgan fingerprint density at radius 3 is 1.89 bits per heavy atom. The van der Waals surface area contributed by atoms with E-state index in [0.29, 0.717) is 17.9 Å². The van der Waals surface area contributed by atoms with Crippen molar-refractivity contribution in [3.8, 4) is 16.9 Å². The van der Waals surface area contributed by atoms with E-state index in [1.54, 1.807) is 0 Å². The predicted octanol–water partition coefficient (Wildman–Crippen LogP) is 9.38. The highest BCUT2D eigenvalue weighted by Gasteiger charge is 2.37. The quantitative estimate of drug-likeness (QED) is 0.407. The lowest BCUT2D eigenvalue weighted by Gasteiger charge is -2.38. The van der Waals surface area contributed by atoms with Gasteiger partial charge in [-0.1, -0.05) is 44.7 Å². The van der Waals surface area contributed by atoms with E-state index < -0.39 is 46.1 Å². The molecule has 2 fully saturated rings. The highest BCUT2D eigenvalue weighted by Crippen LogP contribution is 2.46. The minimum absolute atomic E-state index is 0.135. The average Bonchev–Trinajstić information content (AvgIpc) is 2.83. The Balaban J connectivity index is 1.46. The molecule has 0 aliphatic heterocycles. The zero-order valence-corrected chi connectivity index (χ0v) is 19.9. The van der Waals surface area contributed by atoms with Crippen molar-refractivity contribution in [1.82, 2.24) is 0 Å². The molecule has 4 rings (SSSR count). The third-order valence-electron chi connectivity index (χ3n) is 8.29. The monoisotopic (exact) mass is 498 g/mol. The van der Waals surface area contributed by atoms with Gasteiger partial charge in [-0.25, -0.2) is 13.2 Å². The zero-order chi connectivity index (χ0) is 25.3. The number of phenolic OH excluding ortho intramolecular Hbond substituents is 1. The van der Waals surface area contributed by atoms with Crippen LogP contribution in [-0.4, -0.2) is 5.11 Å². The summed E-state index contributed by atoms with van der Waals surface area (Å²) in [7, 11) is 0. The van der Waals surface area contributed by atoms with Gasteiger partial charge in [0.25, 0.3) is 0 Å². The van der Waals surface area contributed by atoms with Crippen LogP contribution in [0.4, 0.5) is 26.3 Å². The van der Waals surface area contributed by atoms with E-state index in [9.17, 15) is 27.1 Å². The van der Waals surface area contributed by atoms with Crippen molar-refractivity contribution in [2.45, 2.75) is 83.2 Å². The minimum Gasteiger partial charge on any atom is -0.504 e. The van der Waals surface area contributed by atoms with E-state index in [2.05, 4.69) is 6.92 Å². The first-order valence-corrected chi connectivity index (χ1v) is 12.7. The molecule has 0 aromatic heterocycles. The van der Waals surface area contributed by atoms with Gasteiger partial charge in [0.05, 0.1) is 5.56 Å². The van der Waals surface area contributed by atoms with Gasteiger partial charge in [-0.15, -0.1) is 0 Å². The Labute approximate surface area is 202 Å². The molecule has 7 heteroatoms. The molecule has 0 bridgehead atoms. The molecule has 2 aliphatic rings. The lowest BCUT2D eigenvalue weighted by Crippen LogP contribution is -2.25. The molecule has 192 valence electrons. The van der Waals surface area contributed by atoms with Crippen LogP contribution in [0.15, 0.2) is 24.3 Å². The second kappa shape index (κ2) is 10.4. The van der Waals surface area contributed by atoms with Crippen molar-refractivity contribution in [1.29, 1.82) is 0 Å². The number of phenols is 1. The molecule has 2 aromatic rings. The minimum atomic E-state index is -5.01. The van der Waals surface area contributed by atoms with Crippen LogP contribution in [0.2, 0.25) is 0 Å². The van der Waals surface area contributed by atoms with Gasteiger partial charge in [0, 0.05) is 11.1 Å². The molecule has 2 aromatic carbocycles. The number of rotatable bonds is 5. The first-order valence-electron chi connectivity index (χ1n) is 12.7. The molecule has 1 nitrogen and oxygen atoms in total. The van der Waals surface area contributed by atoms with Gasteiger partial charge in [-0.3, -0.25) is 0 Å². The number of alkyl halides is 3. The van der Waals surface area contributed by atoms with Crippen LogP contribution in [0.5, 0.6) is 5.75 Å². The lowest BCUT2D eigenvalue weighted by atomic mass is 9.68. The number of hydrogen-bond acceptors (Lipinski definition) is 1. The van der Waals surface area contributed by atoms with Gasteiger partial charge >= 0.3 is 6.18 Å². The molecule has 0 atom stereocenters. The summed E-state index contributed by atoms with van der Waals surface area (Å²) in [5, 5.41) is 9.96. The number of halogens is 6. The van der Waals surface area contributed by atoms with E-state index >= 15 is 4.39 Å². The molecule has 2 saturated carbocycles. The van der Waals surface area contributed by atoms with Crippen molar-refractivity contribution in [3.05, 3.63) is 52.8 Å². The molecule has 0 amide bonds. The first kappa shape index (κ1) is 25.9. The van der Waals surface area contributed by atoms with Crippen molar-refractivity contribution in [2.24, 2.45) is 17.8 Å². The Bertz CT molecular complexity index is 1030. The highest BCUT2D eigenvalue weighted by molar-refractivity contribution is 5.72. The fourth-order valence-corrected chi connectivity index (χ4v) is 6.35. The third-order valence-corrected chi connectivity index (χ3v) is 8.29. The van der Waals surface area contributed by atoms with Crippen LogP contribution in [0.3, 0.4) is 0 Å². The number of hydrogen-bond donors (Lipinski definition) is 1. The second-order valence-electron chi connectivity index (χ2n) is 10.3. The fourth-order valence-electron chi connectivity index (χ4n) is 6.35. The standard InChI is InChI=1S/C28H32F6O/c1-2-3-16-4-6-17(7-5-16)18-8-10-19(11-9-18)20-12-13-21(25(30)24(20)29)22-14-15-23(28(32,33)34)26(31)27(22)35/h12-19,35H,2-11H2,1H3. The predicted molar refractivity (Wildman–Crippen MR) is 123 cm³/mol. The van der Waals surface area contributed by atoms with Gasteiger partial charge in [0.1, 0.15) is 0 Å². The largest absolute Gasteiger partial charge is 0.504 e. The first-order chi connectivity index (χ1) is 16.6. The van der Waals surface area contributed by atoms with Crippen LogP contribution < -0.4 is 0 Å². The fraction of sp³-hybridized carbons (Fsp3) is 0.571. The van der Waals surface area contributed by atoms with Gasteiger partial charge in [0.2, 0.25) is 0 Å². The molecule has 0 heterocycles. The molecule has 0 unspecified atom stereocenters. The molecule has 2 aliphatic carbocycles. The average molecular weight is 499 g/mol. The molecular formula is C28H32F6O. The van der Waals surface area contributed by atoms with Gasteiger partial charge in [-0.2, -0.15) is 13.2 Å². The summed E-state index contributed by atoms with van der Waals surface area (Å²) in [4.78, 5) is 0. The highest BCUT2D eigenvalue weighted by atomic mass is 19.4. The molecular weight excluding hydrogens is 466 g/mol. The number of benzene rings is 2. The van der Waals surface area contributed by atoms with Crippen LogP contribution in [0.1, 0.15) is 88.2 Å². The summed E-state index contributed by atoms with van der Waals surface area (Å²) in [5.41, 5.74) is -2.40. The Kier molecular flexibility index (Phi) is 7.72. The van der Waals surface area contributed by atoms with Crippen LogP contribution >= 0.6 is 0 Å². The van der Waals surface area contributed by atoms with Crippen molar-refractivity contribution in [2.75, 3.05) is 0 Å². The van der Waals surface area contributed by atoms with Crippen molar-refractivity contribution < 1.29 is 31.4 Å². The molecule has 0 radical (unpaired) electrons. The van der Waals surface area contributed by atoms with Gasteiger partial charge in [0.15, 0.2) is 23.2 Å². The van der Waals surface area contributed by atoms with E-state index in [-0.39, 0.29) is 11.5 Å². The van der Waals surface area contributed by atoms with E-state index in [4.69, 9.17) is 0 Å².